The van der Waals surface area contributed by atoms with E-state index in [1.165, 1.54) is 0 Å². The van der Waals surface area contributed by atoms with Crippen LogP contribution in [0, 0.1) is 5.92 Å². The minimum atomic E-state index is -0.915. The number of nitrogens with zero attached hydrogens (tertiary/aromatic N) is 3. The summed E-state index contributed by atoms with van der Waals surface area (Å²) in [4.78, 5) is 19.7. The van der Waals surface area contributed by atoms with Crippen molar-refractivity contribution in [3.8, 4) is 11.5 Å². The van der Waals surface area contributed by atoms with Crippen LogP contribution in [0.3, 0.4) is 0 Å². The lowest BCUT2D eigenvalue weighted by atomic mass is 10.0. The van der Waals surface area contributed by atoms with Gasteiger partial charge < -0.3 is 14.9 Å². The van der Waals surface area contributed by atoms with Crippen LogP contribution >= 0.6 is 0 Å². The van der Waals surface area contributed by atoms with Gasteiger partial charge in [0.1, 0.15) is 11.9 Å². The maximum atomic E-state index is 11.2. The lowest BCUT2D eigenvalue weighted by Gasteiger charge is -2.18. The second-order valence-electron chi connectivity index (χ2n) is 5.75. The monoisotopic (exact) mass is 304 g/mol. The fraction of sp³-hybridized carbons (Fsp3) is 0.467. The molecule has 0 radical (unpaired) electrons. The van der Waals surface area contributed by atoms with Gasteiger partial charge in [-0.1, -0.05) is 32.9 Å². The van der Waals surface area contributed by atoms with Crippen molar-refractivity contribution in [2.45, 2.75) is 39.7 Å². The molecular formula is C15H20N4O3. The number of hydrogen-bond acceptors (Lipinski definition) is 6. The molecule has 0 saturated heterocycles. The molecule has 0 saturated carbocycles. The first-order chi connectivity index (χ1) is 10.4. The number of aromatic nitrogens is 3. The van der Waals surface area contributed by atoms with Crippen molar-refractivity contribution in [2.75, 3.05) is 5.32 Å². The predicted octanol–water partition coefficient (Wildman–Crippen LogP) is 2.78. The molecule has 0 amide bonds. The largest absolute Gasteiger partial charge is 0.480 e. The number of aliphatic carboxylic acids is 1. The van der Waals surface area contributed by atoms with E-state index < -0.39 is 12.0 Å². The molecule has 0 aliphatic heterocycles. The molecule has 2 heterocycles. The van der Waals surface area contributed by atoms with E-state index in [1.54, 1.807) is 18.3 Å². The summed E-state index contributed by atoms with van der Waals surface area (Å²) in [6.07, 6.45) is 1.58. The zero-order valence-corrected chi connectivity index (χ0v) is 13.1. The molecule has 0 aromatic carbocycles. The van der Waals surface area contributed by atoms with E-state index in [0.29, 0.717) is 23.1 Å². The molecule has 2 N–H and O–H groups in total. The quantitative estimate of drug-likeness (QED) is 0.846. The molecule has 2 rings (SSSR count). The third kappa shape index (κ3) is 3.60. The number of pyridine rings is 1. The van der Waals surface area contributed by atoms with Crippen LogP contribution in [0.25, 0.3) is 11.5 Å². The second-order valence-corrected chi connectivity index (χ2v) is 5.75. The van der Waals surface area contributed by atoms with Crippen molar-refractivity contribution in [3.63, 3.8) is 0 Å². The Kier molecular flexibility index (Phi) is 4.75. The zero-order chi connectivity index (χ0) is 16.3. The zero-order valence-electron chi connectivity index (χ0n) is 13.1. The molecular weight excluding hydrogens is 284 g/mol. The maximum Gasteiger partial charge on any atom is 0.326 e. The molecule has 0 spiro atoms. The minimum Gasteiger partial charge on any atom is -0.480 e. The first-order valence-corrected chi connectivity index (χ1v) is 7.18. The summed E-state index contributed by atoms with van der Waals surface area (Å²) in [7, 11) is 0. The van der Waals surface area contributed by atoms with E-state index in [9.17, 15) is 9.90 Å². The number of carboxylic acids is 1. The molecule has 7 nitrogen and oxygen atoms in total. The van der Waals surface area contributed by atoms with E-state index in [-0.39, 0.29) is 11.8 Å². The van der Waals surface area contributed by atoms with Gasteiger partial charge in [0.05, 0.1) is 0 Å². The number of hydrogen-bond donors (Lipinski definition) is 2. The molecule has 0 aliphatic rings. The van der Waals surface area contributed by atoms with Gasteiger partial charge in [0.15, 0.2) is 5.82 Å². The molecule has 22 heavy (non-hydrogen) atoms. The SMILES string of the molecule is CC(C)c1noc(-c2ccnc(N[C@H](C(=O)O)C(C)C)c2)n1. The average molecular weight is 304 g/mol. The van der Waals surface area contributed by atoms with E-state index in [0.717, 1.165) is 0 Å². The predicted molar refractivity (Wildman–Crippen MR) is 81.5 cm³/mol. The number of rotatable bonds is 6. The summed E-state index contributed by atoms with van der Waals surface area (Å²) in [6.45, 7) is 7.63. The Labute approximate surface area is 128 Å². The Morgan fingerprint density at radius 1 is 1.32 bits per heavy atom. The van der Waals surface area contributed by atoms with Crippen molar-refractivity contribution in [1.82, 2.24) is 15.1 Å². The van der Waals surface area contributed by atoms with Gasteiger partial charge in [-0.2, -0.15) is 4.98 Å². The molecule has 1 atom stereocenters. The summed E-state index contributed by atoms with van der Waals surface area (Å²) in [5, 5.41) is 16.1. The highest BCUT2D eigenvalue weighted by Crippen LogP contribution is 2.22. The Balaban J connectivity index is 2.24. The van der Waals surface area contributed by atoms with Gasteiger partial charge in [0, 0.05) is 17.7 Å². The Hall–Kier alpha value is -2.44. The number of carboxylic acid groups (broad SMARTS) is 1. The first-order valence-electron chi connectivity index (χ1n) is 7.18. The number of nitrogens with one attached hydrogen (secondary N) is 1. The molecule has 0 unspecified atom stereocenters. The summed E-state index contributed by atoms with van der Waals surface area (Å²) < 4.78 is 5.23. The molecule has 7 heteroatoms. The van der Waals surface area contributed by atoms with Crippen molar-refractivity contribution < 1.29 is 14.4 Å². The summed E-state index contributed by atoms with van der Waals surface area (Å²) in [5.74, 6) is 0.677. The van der Waals surface area contributed by atoms with Crippen LogP contribution in [0.15, 0.2) is 22.9 Å². The fourth-order valence-electron chi connectivity index (χ4n) is 1.90. The van der Waals surface area contributed by atoms with Crippen molar-refractivity contribution in [2.24, 2.45) is 5.92 Å². The first kappa shape index (κ1) is 15.9. The van der Waals surface area contributed by atoms with Crippen LogP contribution in [-0.2, 0) is 4.79 Å². The van der Waals surface area contributed by atoms with Crippen LogP contribution in [0.4, 0.5) is 5.82 Å². The topological polar surface area (TPSA) is 101 Å². The molecule has 0 aliphatic carbocycles. The van der Waals surface area contributed by atoms with Gasteiger partial charge in [-0.3, -0.25) is 0 Å². The van der Waals surface area contributed by atoms with Gasteiger partial charge in [0.25, 0.3) is 5.89 Å². The van der Waals surface area contributed by atoms with Gasteiger partial charge in [0.2, 0.25) is 0 Å². The summed E-state index contributed by atoms with van der Waals surface area (Å²) >= 11 is 0. The third-order valence-electron chi connectivity index (χ3n) is 3.20. The van der Waals surface area contributed by atoms with Gasteiger partial charge >= 0.3 is 5.97 Å². The van der Waals surface area contributed by atoms with Crippen LogP contribution in [-0.4, -0.2) is 32.2 Å². The Morgan fingerprint density at radius 3 is 2.59 bits per heavy atom. The smallest absolute Gasteiger partial charge is 0.326 e. The molecule has 2 aromatic rings. The van der Waals surface area contributed by atoms with Crippen molar-refractivity contribution >= 4 is 11.8 Å². The van der Waals surface area contributed by atoms with E-state index in [4.69, 9.17) is 4.52 Å². The van der Waals surface area contributed by atoms with Crippen LogP contribution in [0.1, 0.15) is 39.4 Å². The average Bonchev–Trinajstić information content (AvgIpc) is 2.94. The normalized spacial score (nSPS) is 12.6. The molecule has 118 valence electrons. The van der Waals surface area contributed by atoms with Crippen LogP contribution in [0.2, 0.25) is 0 Å². The molecule has 0 fully saturated rings. The van der Waals surface area contributed by atoms with Crippen molar-refractivity contribution in [3.05, 3.63) is 24.2 Å². The Morgan fingerprint density at radius 2 is 2.05 bits per heavy atom. The Bertz CT molecular complexity index is 652. The van der Waals surface area contributed by atoms with Crippen LogP contribution < -0.4 is 5.32 Å². The van der Waals surface area contributed by atoms with Gasteiger partial charge in [-0.15, -0.1) is 0 Å². The number of anilines is 1. The standard InChI is InChI=1S/C15H20N4O3/c1-8(2)12(15(20)21)17-11-7-10(5-6-16-11)14-18-13(9(3)4)19-22-14/h5-9,12H,1-4H3,(H,16,17)(H,20,21)/t12-/m0/s1. The molecule has 0 bridgehead atoms. The van der Waals surface area contributed by atoms with E-state index >= 15 is 0 Å². The van der Waals surface area contributed by atoms with E-state index in [1.807, 2.05) is 27.7 Å². The van der Waals surface area contributed by atoms with Gasteiger partial charge in [-0.05, 0) is 18.1 Å². The van der Waals surface area contributed by atoms with Crippen molar-refractivity contribution in [1.29, 1.82) is 0 Å². The van der Waals surface area contributed by atoms with Gasteiger partial charge in [-0.25, -0.2) is 9.78 Å². The highest BCUT2D eigenvalue weighted by molar-refractivity contribution is 5.77. The summed E-state index contributed by atoms with van der Waals surface area (Å²) in [5.41, 5.74) is 0.699. The number of carbonyl (C=O) groups is 1. The third-order valence-corrected chi connectivity index (χ3v) is 3.20. The fourth-order valence-corrected chi connectivity index (χ4v) is 1.90. The van der Waals surface area contributed by atoms with E-state index in [2.05, 4.69) is 20.4 Å². The molecule has 2 aromatic heterocycles. The highest BCUT2D eigenvalue weighted by atomic mass is 16.5. The maximum absolute atomic E-state index is 11.2. The highest BCUT2D eigenvalue weighted by Gasteiger charge is 2.22. The summed E-state index contributed by atoms with van der Waals surface area (Å²) in [6, 6.07) is 2.74. The second kappa shape index (κ2) is 6.55. The van der Waals surface area contributed by atoms with Crippen LogP contribution in [0.5, 0.6) is 0 Å². The lowest BCUT2D eigenvalue weighted by Crippen LogP contribution is -2.34. The minimum absolute atomic E-state index is 0.0705. The lowest BCUT2D eigenvalue weighted by molar-refractivity contribution is -0.138.